The van der Waals surface area contributed by atoms with Gasteiger partial charge in [-0.2, -0.15) is 5.10 Å². The first-order chi connectivity index (χ1) is 13.6. The molecule has 0 saturated carbocycles. The molecule has 1 amide bonds. The summed E-state index contributed by atoms with van der Waals surface area (Å²) in [5.74, 6) is 0.212. The van der Waals surface area contributed by atoms with Crippen LogP contribution in [0.4, 0.5) is 5.13 Å². The van der Waals surface area contributed by atoms with E-state index < -0.39 is 5.91 Å². The smallest absolute Gasteiger partial charge is 0.277 e. The van der Waals surface area contributed by atoms with Gasteiger partial charge in [-0.25, -0.2) is 9.67 Å². The van der Waals surface area contributed by atoms with Gasteiger partial charge in [0, 0.05) is 6.07 Å². The molecular formula is C20H16N4O3S. The lowest BCUT2D eigenvalue weighted by Crippen LogP contribution is -2.26. The van der Waals surface area contributed by atoms with E-state index in [4.69, 9.17) is 4.74 Å². The number of benzene rings is 2. The molecule has 4 rings (SSSR count). The van der Waals surface area contributed by atoms with Gasteiger partial charge in [0.1, 0.15) is 17.0 Å². The minimum Gasteiger partial charge on any atom is -0.494 e. The summed E-state index contributed by atoms with van der Waals surface area (Å²) in [5.41, 5.74) is 1.48. The zero-order chi connectivity index (χ0) is 19.5. The Morgan fingerprint density at radius 3 is 2.71 bits per heavy atom. The Labute approximate surface area is 164 Å². The molecular weight excluding hydrogens is 376 g/mol. The van der Waals surface area contributed by atoms with E-state index in [9.17, 15) is 9.59 Å². The predicted octanol–water partition coefficient (Wildman–Crippen LogP) is 3.16. The van der Waals surface area contributed by atoms with Gasteiger partial charge < -0.3 is 4.74 Å². The van der Waals surface area contributed by atoms with Crippen molar-refractivity contribution in [3.63, 3.8) is 0 Å². The highest BCUT2D eigenvalue weighted by Crippen LogP contribution is 2.32. The quantitative estimate of drug-likeness (QED) is 0.564. The second-order valence-electron chi connectivity index (χ2n) is 5.98. The molecule has 140 valence electrons. The Morgan fingerprint density at radius 1 is 1.11 bits per heavy atom. The molecule has 1 N–H and O–H groups in total. The van der Waals surface area contributed by atoms with Crippen LogP contribution in [0.5, 0.6) is 5.75 Å². The predicted molar refractivity (Wildman–Crippen MR) is 108 cm³/mol. The number of nitrogens with zero attached hydrogens (tertiary/aromatic N) is 3. The van der Waals surface area contributed by atoms with Gasteiger partial charge in [0.2, 0.25) is 0 Å². The number of amides is 1. The maximum absolute atomic E-state index is 12.6. The molecule has 2 heterocycles. The third-order valence-corrected chi connectivity index (χ3v) is 5.03. The average molecular weight is 392 g/mol. The number of carbonyl (C=O) groups is 1. The highest BCUT2D eigenvalue weighted by Gasteiger charge is 2.14. The fourth-order valence-corrected chi connectivity index (χ4v) is 3.62. The number of anilines is 1. The number of rotatable bonds is 5. The molecule has 0 spiro atoms. The molecule has 0 fully saturated rings. The summed E-state index contributed by atoms with van der Waals surface area (Å²) in [6.45, 7) is 0.291. The SMILES string of the molecule is COc1cccc2sc(NC(=O)c3ccc(=O)n(Cc4ccccc4)n3)nc12. The second-order valence-corrected chi connectivity index (χ2v) is 7.01. The van der Waals surface area contributed by atoms with Crippen molar-refractivity contribution in [1.29, 1.82) is 0 Å². The Bertz CT molecular complexity index is 1200. The van der Waals surface area contributed by atoms with Gasteiger partial charge >= 0.3 is 0 Å². The first kappa shape index (κ1) is 17.9. The van der Waals surface area contributed by atoms with Crippen LogP contribution in [0.1, 0.15) is 16.1 Å². The zero-order valence-corrected chi connectivity index (χ0v) is 15.8. The highest BCUT2D eigenvalue weighted by molar-refractivity contribution is 7.22. The van der Waals surface area contributed by atoms with Crippen molar-refractivity contribution in [1.82, 2.24) is 14.8 Å². The van der Waals surface area contributed by atoms with Gasteiger partial charge in [-0.15, -0.1) is 0 Å². The van der Waals surface area contributed by atoms with Crippen molar-refractivity contribution in [2.24, 2.45) is 0 Å². The minimum atomic E-state index is -0.431. The number of methoxy groups -OCH3 is 1. The molecule has 0 aliphatic carbocycles. The second kappa shape index (κ2) is 7.61. The summed E-state index contributed by atoms with van der Waals surface area (Å²) >= 11 is 1.34. The standard InChI is InChI=1S/C20H16N4O3S/c1-27-15-8-5-9-16-18(15)21-20(28-16)22-19(26)14-10-11-17(25)24(23-14)12-13-6-3-2-4-7-13/h2-11H,12H2,1H3,(H,21,22,26). The van der Waals surface area contributed by atoms with E-state index in [2.05, 4.69) is 15.4 Å². The molecule has 2 aromatic carbocycles. The number of carbonyl (C=O) groups excluding carboxylic acids is 1. The van der Waals surface area contributed by atoms with Crippen molar-refractivity contribution in [3.05, 3.63) is 82.3 Å². The van der Waals surface area contributed by atoms with Crippen LogP contribution in [0, 0.1) is 0 Å². The summed E-state index contributed by atoms with van der Waals surface area (Å²) in [6, 6.07) is 17.8. The summed E-state index contributed by atoms with van der Waals surface area (Å²) in [6.07, 6.45) is 0. The monoisotopic (exact) mass is 392 g/mol. The number of nitrogens with one attached hydrogen (secondary N) is 1. The number of aromatic nitrogens is 3. The van der Waals surface area contributed by atoms with Crippen molar-refractivity contribution >= 4 is 32.6 Å². The van der Waals surface area contributed by atoms with Gasteiger partial charge in [-0.05, 0) is 23.8 Å². The summed E-state index contributed by atoms with van der Waals surface area (Å²) in [4.78, 5) is 29.1. The molecule has 7 nitrogen and oxygen atoms in total. The topological polar surface area (TPSA) is 86.1 Å². The maximum atomic E-state index is 12.6. The van der Waals surface area contributed by atoms with E-state index in [1.807, 2.05) is 48.5 Å². The van der Waals surface area contributed by atoms with Crippen LogP contribution in [0.25, 0.3) is 10.2 Å². The van der Waals surface area contributed by atoms with Crippen molar-refractivity contribution in [2.75, 3.05) is 12.4 Å². The maximum Gasteiger partial charge on any atom is 0.277 e. The molecule has 0 aliphatic heterocycles. The average Bonchev–Trinajstić information content (AvgIpc) is 3.12. The number of thiazole rings is 1. The van der Waals surface area contributed by atoms with E-state index in [0.717, 1.165) is 10.3 Å². The van der Waals surface area contributed by atoms with Gasteiger partial charge in [-0.3, -0.25) is 14.9 Å². The lowest BCUT2D eigenvalue weighted by atomic mass is 10.2. The van der Waals surface area contributed by atoms with Crippen LogP contribution in [-0.4, -0.2) is 27.8 Å². The Hall–Kier alpha value is -3.52. The molecule has 28 heavy (non-hydrogen) atoms. The molecule has 0 atom stereocenters. The minimum absolute atomic E-state index is 0.141. The molecule has 4 aromatic rings. The van der Waals surface area contributed by atoms with Gasteiger partial charge in [0.25, 0.3) is 11.5 Å². The van der Waals surface area contributed by atoms with Crippen LogP contribution >= 0.6 is 11.3 Å². The number of para-hydroxylation sites is 1. The van der Waals surface area contributed by atoms with E-state index in [-0.39, 0.29) is 11.3 Å². The van der Waals surface area contributed by atoms with Crippen LogP contribution in [0.2, 0.25) is 0 Å². The van der Waals surface area contributed by atoms with E-state index >= 15 is 0 Å². The third-order valence-electron chi connectivity index (χ3n) is 4.10. The fourth-order valence-electron chi connectivity index (χ4n) is 2.74. The van der Waals surface area contributed by atoms with Crippen LogP contribution in [0.3, 0.4) is 0 Å². The first-order valence-corrected chi connectivity index (χ1v) is 9.32. The van der Waals surface area contributed by atoms with Crippen LogP contribution in [0.15, 0.2) is 65.5 Å². The summed E-state index contributed by atoms with van der Waals surface area (Å²) < 4.78 is 7.47. The molecule has 0 bridgehead atoms. The highest BCUT2D eigenvalue weighted by atomic mass is 32.1. The van der Waals surface area contributed by atoms with Crippen molar-refractivity contribution in [3.8, 4) is 5.75 Å². The van der Waals surface area contributed by atoms with E-state index in [1.165, 1.54) is 28.2 Å². The third kappa shape index (κ3) is 3.63. The molecule has 8 heteroatoms. The first-order valence-electron chi connectivity index (χ1n) is 8.51. The normalized spacial score (nSPS) is 10.8. The number of hydrogen-bond donors (Lipinski definition) is 1. The Kier molecular flexibility index (Phi) is 4.86. The number of ether oxygens (including phenoxy) is 1. The van der Waals surface area contributed by atoms with Gasteiger partial charge in [0.05, 0.1) is 18.4 Å². The molecule has 2 aromatic heterocycles. The lowest BCUT2D eigenvalue weighted by molar-refractivity contribution is 0.102. The fraction of sp³-hybridized carbons (Fsp3) is 0.100. The molecule has 0 radical (unpaired) electrons. The summed E-state index contributed by atoms with van der Waals surface area (Å²) in [7, 11) is 1.58. The van der Waals surface area contributed by atoms with Crippen molar-refractivity contribution < 1.29 is 9.53 Å². The Balaban J connectivity index is 1.58. The van der Waals surface area contributed by atoms with E-state index in [0.29, 0.717) is 22.9 Å². The number of hydrogen-bond acceptors (Lipinski definition) is 6. The van der Waals surface area contributed by atoms with Gasteiger partial charge in [0.15, 0.2) is 5.13 Å². The largest absolute Gasteiger partial charge is 0.494 e. The summed E-state index contributed by atoms with van der Waals surface area (Å²) in [5, 5.41) is 7.38. The Morgan fingerprint density at radius 2 is 1.93 bits per heavy atom. The number of fused-ring (bicyclic) bond motifs is 1. The molecule has 0 unspecified atom stereocenters. The van der Waals surface area contributed by atoms with Crippen LogP contribution in [-0.2, 0) is 6.54 Å². The lowest BCUT2D eigenvalue weighted by Gasteiger charge is -2.07. The zero-order valence-electron chi connectivity index (χ0n) is 15.0. The van der Waals surface area contributed by atoms with Crippen molar-refractivity contribution in [2.45, 2.75) is 6.54 Å². The van der Waals surface area contributed by atoms with E-state index in [1.54, 1.807) is 7.11 Å². The molecule has 0 aliphatic rings. The van der Waals surface area contributed by atoms with Crippen LogP contribution < -0.4 is 15.6 Å². The van der Waals surface area contributed by atoms with Gasteiger partial charge in [-0.1, -0.05) is 47.7 Å². The molecule has 0 saturated heterocycles.